The van der Waals surface area contributed by atoms with E-state index < -0.39 is 0 Å². The molecule has 2 aromatic rings. The maximum absolute atomic E-state index is 4.45. The van der Waals surface area contributed by atoms with Crippen LogP contribution < -0.4 is 5.32 Å². The molecule has 0 unspecified atom stereocenters. The van der Waals surface area contributed by atoms with Crippen molar-refractivity contribution in [2.24, 2.45) is 0 Å². The minimum absolute atomic E-state index is 0.137. The molecule has 1 heterocycles. The van der Waals surface area contributed by atoms with Crippen molar-refractivity contribution in [3.05, 3.63) is 41.9 Å². The summed E-state index contributed by atoms with van der Waals surface area (Å²) < 4.78 is 0. The minimum Gasteiger partial charge on any atom is -0.340 e. The molecule has 17 heavy (non-hydrogen) atoms. The summed E-state index contributed by atoms with van der Waals surface area (Å²) in [7, 11) is 1.94. The average molecular weight is 229 g/mol. The van der Waals surface area contributed by atoms with Gasteiger partial charge in [-0.05, 0) is 39.4 Å². The second kappa shape index (κ2) is 4.34. The fraction of sp³-hybridized carbons (Fsp3) is 0.357. The molecule has 0 fully saturated rings. The number of H-pyrrole nitrogens is 1. The van der Waals surface area contributed by atoms with Gasteiger partial charge in [0.25, 0.3) is 0 Å². The first kappa shape index (κ1) is 11.9. The van der Waals surface area contributed by atoms with E-state index in [1.54, 1.807) is 0 Å². The average Bonchev–Trinajstić information content (AvgIpc) is 2.79. The van der Waals surface area contributed by atoms with E-state index in [-0.39, 0.29) is 5.54 Å². The normalized spacial score (nSPS) is 11.8. The Labute approximate surface area is 102 Å². The predicted molar refractivity (Wildman–Crippen MR) is 70.8 cm³/mol. The van der Waals surface area contributed by atoms with Gasteiger partial charge in [-0.1, -0.05) is 23.8 Å². The highest BCUT2D eigenvalue weighted by Crippen LogP contribution is 2.22. The first-order valence-electron chi connectivity index (χ1n) is 5.84. The number of imidazole rings is 1. The van der Waals surface area contributed by atoms with Gasteiger partial charge in [-0.15, -0.1) is 0 Å². The third kappa shape index (κ3) is 2.39. The van der Waals surface area contributed by atoms with E-state index in [1.807, 2.05) is 13.2 Å². The highest BCUT2D eigenvalue weighted by molar-refractivity contribution is 5.59. The molecular formula is C14H19N3. The van der Waals surface area contributed by atoms with Crippen LogP contribution in [0.1, 0.15) is 25.2 Å². The van der Waals surface area contributed by atoms with Gasteiger partial charge >= 0.3 is 0 Å². The van der Waals surface area contributed by atoms with E-state index in [2.05, 4.69) is 60.3 Å². The Morgan fingerprint density at radius 1 is 1.29 bits per heavy atom. The molecule has 3 nitrogen and oxygen atoms in total. The fourth-order valence-electron chi connectivity index (χ4n) is 1.72. The lowest BCUT2D eigenvalue weighted by atomic mass is 10.1. The molecule has 1 aromatic carbocycles. The molecule has 2 rings (SSSR count). The second-order valence-corrected chi connectivity index (χ2v) is 4.89. The lowest BCUT2D eigenvalue weighted by Crippen LogP contribution is -2.34. The van der Waals surface area contributed by atoms with Gasteiger partial charge in [0.1, 0.15) is 5.82 Å². The predicted octanol–water partition coefficient (Wildman–Crippen LogP) is 2.84. The monoisotopic (exact) mass is 229 g/mol. The molecule has 0 bridgehead atoms. The Hall–Kier alpha value is -1.61. The van der Waals surface area contributed by atoms with Crippen LogP contribution >= 0.6 is 0 Å². The number of nitrogens with zero attached hydrogens (tertiary/aromatic N) is 1. The van der Waals surface area contributed by atoms with E-state index in [0.717, 1.165) is 11.5 Å². The van der Waals surface area contributed by atoms with Crippen LogP contribution in [0, 0.1) is 6.92 Å². The van der Waals surface area contributed by atoms with Gasteiger partial charge < -0.3 is 10.3 Å². The lowest BCUT2D eigenvalue weighted by Gasteiger charge is -2.20. The molecule has 90 valence electrons. The molecule has 2 N–H and O–H groups in total. The Morgan fingerprint density at radius 2 is 2.06 bits per heavy atom. The summed E-state index contributed by atoms with van der Waals surface area (Å²) in [6, 6.07) is 8.41. The smallest absolute Gasteiger partial charge is 0.126 e. The topological polar surface area (TPSA) is 40.7 Å². The molecule has 0 saturated heterocycles. The standard InChI is InChI=1S/C14H19N3/c1-10-6-5-7-11(8-10)12-9-16-13(17-12)14(2,3)15-4/h5-9,15H,1-4H3,(H,16,17). The zero-order chi connectivity index (χ0) is 12.5. The first-order chi connectivity index (χ1) is 8.03. The van der Waals surface area contributed by atoms with Gasteiger partial charge in [0.05, 0.1) is 17.4 Å². The van der Waals surface area contributed by atoms with Gasteiger partial charge in [-0.25, -0.2) is 4.98 Å². The van der Waals surface area contributed by atoms with E-state index in [4.69, 9.17) is 0 Å². The highest BCUT2D eigenvalue weighted by Gasteiger charge is 2.21. The summed E-state index contributed by atoms with van der Waals surface area (Å²) in [6.45, 7) is 6.30. The molecule has 0 amide bonds. The summed E-state index contributed by atoms with van der Waals surface area (Å²) in [6.07, 6.45) is 1.89. The van der Waals surface area contributed by atoms with Gasteiger partial charge in [0.15, 0.2) is 0 Å². The number of hydrogen-bond donors (Lipinski definition) is 2. The van der Waals surface area contributed by atoms with Crippen molar-refractivity contribution in [3.63, 3.8) is 0 Å². The van der Waals surface area contributed by atoms with Crippen LogP contribution in [-0.4, -0.2) is 17.0 Å². The van der Waals surface area contributed by atoms with Crippen molar-refractivity contribution in [2.75, 3.05) is 7.05 Å². The van der Waals surface area contributed by atoms with Crippen LogP contribution in [0.5, 0.6) is 0 Å². The van der Waals surface area contributed by atoms with Crippen LogP contribution in [0.25, 0.3) is 11.3 Å². The molecule has 0 aliphatic rings. The fourth-order valence-corrected chi connectivity index (χ4v) is 1.72. The van der Waals surface area contributed by atoms with Crippen molar-refractivity contribution >= 4 is 0 Å². The molecule has 0 atom stereocenters. The first-order valence-corrected chi connectivity index (χ1v) is 5.84. The minimum atomic E-state index is -0.137. The summed E-state index contributed by atoms with van der Waals surface area (Å²) >= 11 is 0. The van der Waals surface area contributed by atoms with Crippen molar-refractivity contribution in [2.45, 2.75) is 26.3 Å². The number of hydrogen-bond acceptors (Lipinski definition) is 2. The summed E-state index contributed by atoms with van der Waals surface area (Å²) in [5.74, 6) is 0.955. The number of aromatic nitrogens is 2. The highest BCUT2D eigenvalue weighted by atomic mass is 15.0. The Balaban J connectivity index is 2.36. The molecule has 0 radical (unpaired) electrons. The van der Waals surface area contributed by atoms with Crippen molar-refractivity contribution in [3.8, 4) is 11.3 Å². The Bertz CT molecular complexity index is 512. The quantitative estimate of drug-likeness (QED) is 0.849. The second-order valence-electron chi connectivity index (χ2n) is 4.89. The molecule has 0 saturated carbocycles. The lowest BCUT2D eigenvalue weighted by molar-refractivity contribution is 0.421. The van der Waals surface area contributed by atoms with E-state index in [0.29, 0.717) is 0 Å². The van der Waals surface area contributed by atoms with Gasteiger partial charge in [0.2, 0.25) is 0 Å². The molecule has 0 aliphatic carbocycles. The Morgan fingerprint density at radius 3 is 2.71 bits per heavy atom. The molecule has 0 spiro atoms. The number of aromatic amines is 1. The van der Waals surface area contributed by atoms with Crippen molar-refractivity contribution in [1.82, 2.24) is 15.3 Å². The van der Waals surface area contributed by atoms with Crippen LogP contribution in [0.15, 0.2) is 30.5 Å². The van der Waals surface area contributed by atoms with Gasteiger partial charge in [0, 0.05) is 0 Å². The molecular weight excluding hydrogens is 210 g/mol. The summed E-state index contributed by atoms with van der Waals surface area (Å²) in [5, 5.41) is 3.24. The third-order valence-electron chi connectivity index (χ3n) is 3.12. The number of benzene rings is 1. The van der Waals surface area contributed by atoms with Crippen LogP contribution in [0.4, 0.5) is 0 Å². The van der Waals surface area contributed by atoms with Gasteiger partial charge in [-0.3, -0.25) is 0 Å². The SMILES string of the molecule is CNC(C)(C)c1ncc(-c2cccc(C)c2)[nH]1. The van der Waals surface area contributed by atoms with Crippen LogP contribution in [0.2, 0.25) is 0 Å². The van der Waals surface area contributed by atoms with E-state index >= 15 is 0 Å². The number of nitrogens with one attached hydrogen (secondary N) is 2. The number of rotatable bonds is 3. The van der Waals surface area contributed by atoms with Crippen LogP contribution in [-0.2, 0) is 5.54 Å². The summed E-state index contributed by atoms with van der Waals surface area (Å²) in [4.78, 5) is 7.82. The maximum atomic E-state index is 4.45. The molecule has 0 aliphatic heterocycles. The van der Waals surface area contributed by atoms with Gasteiger partial charge in [-0.2, -0.15) is 0 Å². The Kier molecular flexibility index (Phi) is 3.03. The molecule has 3 heteroatoms. The zero-order valence-corrected chi connectivity index (χ0v) is 10.8. The van der Waals surface area contributed by atoms with Crippen molar-refractivity contribution < 1.29 is 0 Å². The molecule has 1 aromatic heterocycles. The number of aryl methyl sites for hydroxylation is 1. The van der Waals surface area contributed by atoms with Crippen molar-refractivity contribution in [1.29, 1.82) is 0 Å². The largest absolute Gasteiger partial charge is 0.340 e. The summed E-state index contributed by atoms with van der Waals surface area (Å²) in [5.41, 5.74) is 3.36. The maximum Gasteiger partial charge on any atom is 0.126 e. The van der Waals surface area contributed by atoms with E-state index in [1.165, 1.54) is 11.1 Å². The van der Waals surface area contributed by atoms with E-state index in [9.17, 15) is 0 Å². The van der Waals surface area contributed by atoms with Crippen LogP contribution in [0.3, 0.4) is 0 Å². The zero-order valence-electron chi connectivity index (χ0n) is 10.8. The third-order valence-corrected chi connectivity index (χ3v) is 3.12.